The van der Waals surface area contributed by atoms with E-state index in [1.165, 1.54) is 10.6 Å². The fourth-order valence-corrected chi connectivity index (χ4v) is 5.43. The van der Waals surface area contributed by atoms with Crippen LogP contribution in [0.1, 0.15) is 35.6 Å². The largest absolute Gasteiger partial charge is 0.366 e. The van der Waals surface area contributed by atoms with Crippen LogP contribution in [0.2, 0.25) is 10.3 Å². The number of aryl methyl sites for hydroxylation is 4. The second kappa shape index (κ2) is 12.5. The van der Waals surface area contributed by atoms with Gasteiger partial charge in [0.2, 0.25) is 5.56 Å². The Labute approximate surface area is 261 Å². The zero-order valence-electron chi connectivity index (χ0n) is 24.2. The summed E-state index contributed by atoms with van der Waals surface area (Å²) in [5.74, 6) is 1.39. The minimum Gasteiger partial charge on any atom is -0.366 e. The number of hydrogen-bond acceptors (Lipinski definition) is 8. The standard InChI is InChI=1S/C30H30Cl2N10O2/c1-3-21-16-35-41-25(12-23(31)37-29(21)41)33-14-19-8-10-40(28(44)11-19)9-4-5-22-17-36-42-26(13-24(32)38-30(22)42)34-15-20-6-7-27(43)39(2)18-20/h6-8,10-13,16-18,33-34H,3-5,9,14-15H2,1-2H3. The lowest BCUT2D eigenvalue weighted by Gasteiger charge is -2.11. The third kappa shape index (κ3) is 6.17. The third-order valence-electron chi connectivity index (χ3n) is 7.41. The van der Waals surface area contributed by atoms with E-state index in [1.807, 2.05) is 19.2 Å². The zero-order valence-corrected chi connectivity index (χ0v) is 25.7. The Balaban J connectivity index is 1.09. The fourth-order valence-electron chi connectivity index (χ4n) is 5.06. The van der Waals surface area contributed by atoms with Crippen molar-refractivity contribution in [3.63, 3.8) is 0 Å². The summed E-state index contributed by atoms with van der Waals surface area (Å²) in [6, 6.07) is 10.3. The number of rotatable bonds is 11. The van der Waals surface area contributed by atoms with E-state index in [0.29, 0.717) is 60.1 Å². The fraction of sp³-hybridized carbons (Fsp3) is 0.267. The van der Waals surface area contributed by atoms with Crippen LogP contribution in [0.3, 0.4) is 0 Å². The topological polar surface area (TPSA) is 128 Å². The monoisotopic (exact) mass is 632 g/mol. The highest BCUT2D eigenvalue weighted by molar-refractivity contribution is 6.30. The Kier molecular flexibility index (Phi) is 8.36. The third-order valence-corrected chi connectivity index (χ3v) is 7.80. The highest BCUT2D eigenvalue weighted by Gasteiger charge is 2.13. The van der Waals surface area contributed by atoms with Crippen LogP contribution in [-0.2, 0) is 39.5 Å². The average molecular weight is 634 g/mol. The first-order valence-corrected chi connectivity index (χ1v) is 14.9. The molecule has 0 amide bonds. The molecule has 0 bridgehead atoms. The normalized spacial score (nSPS) is 11.5. The van der Waals surface area contributed by atoms with Gasteiger partial charge in [-0.2, -0.15) is 19.2 Å². The van der Waals surface area contributed by atoms with Gasteiger partial charge < -0.3 is 19.8 Å². The molecule has 0 radical (unpaired) electrons. The predicted octanol–water partition coefficient (Wildman–Crippen LogP) is 4.36. The maximum absolute atomic E-state index is 12.9. The summed E-state index contributed by atoms with van der Waals surface area (Å²) in [5, 5.41) is 16.3. The molecular weight excluding hydrogens is 603 g/mol. The molecule has 6 rings (SSSR count). The summed E-state index contributed by atoms with van der Waals surface area (Å²) in [4.78, 5) is 33.5. The van der Waals surface area contributed by atoms with Crippen molar-refractivity contribution in [2.45, 2.75) is 45.8 Å². The molecule has 0 atom stereocenters. The second-order valence-electron chi connectivity index (χ2n) is 10.5. The molecule has 0 aromatic carbocycles. The van der Waals surface area contributed by atoms with Gasteiger partial charge in [-0.3, -0.25) is 9.59 Å². The SMILES string of the molecule is CCc1cnn2c(NCc3ccn(CCCc4cnn5c(NCc6ccc(=O)n(C)c6)cc(Cl)nc45)c(=O)c3)cc(Cl)nc12. The summed E-state index contributed by atoms with van der Waals surface area (Å²) in [7, 11) is 1.72. The molecule has 6 aromatic heterocycles. The van der Waals surface area contributed by atoms with Crippen molar-refractivity contribution >= 4 is 46.1 Å². The van der Waals surface area contributed by atoms with E-state index in [-0.39, 0.29) is 11.1 Å². The molecule has 2 N–H and O–H groups in total. The Bertz CT molecular complexity index is 2100. The highest BCUT2D eigenvalue weighted by atomic mass is 35.5. The number of halogens is 2. The lowest BCUT2D eigenvalue weighted by Crippen LogP contribution is -2.20. The first-order valence-electron chi connectivity index (χ1n) is 14.2. The van der Waals surface area contributed by atoms with Crippen LogP contribution in [0.25, 0.3) is 11.3 Å². The average Bonchev–Trinajstić information content (AvgIpc) is 3.61. The molecule has 0 fully saturated rings. The molecular formula is C30H30Cl2N10O2. The van der Waals surface area contributed by atoms with Gasteiger partial charge in [0.15, 0.2) is 11.3 Å². The van der Waals surface area contributed by atoms with Crippen molar-refractivity contribution in [3.05, 3.63) is 114 Å². The Morgan fingerprint density at radius 2 is 1.43 bits per heavy atom. The molecule has 0 unspecified atom stereocenters. The lowest BCUT2D eigenvalue weighted by atomic mass is 10.2. The number of pyridine rings is 2. The molecule has 0 saturated carbocycles. The summed E-state index contributed by atoms with van der Waals surface area (Å²) < 4.78 is 6.67. The summed E-state index contributed by atoms with van der Waals surface area (Å²) in [6.45, 7) is 3.49. The van der Waals surface area contributed by atoms with Crippen molar-refractivity contribution in [1.82, 2.24) is 38.3 Å². The molecule has 0 aliphatic heterocycles. The van der Waals surface area contributed by atoms with Crippen LogP contribution in [0.4, 0.5) is 11.6 Å². The number of nitrogens with zero attached hydrogens (tertiary/aromatic N) is 8. The van der Waals surface area contributed by atoms with Gasteiger partial charge in [-0.1, -0.05) is 36.2 Å². The molecule has 6 aromatic rings. The highest BCUT2D eigenvalue weighted by Crippen LogP contribution is 2.22. The van der Waals surface area contributed by atoms with Crippen LogP contribution >= 0.6 is 23.2 Å². The summed E-state index contributed by atoms with van der Waals surface area (Å²) in [6.07, 6.45) is 9.33. The Morgan fingerprint density at radius 1 is 0.795 bits per heavy atom. The second-order valence-corrected chi connectivity index (χ2v) is 11.2. The Hall–Kier alpha value is -4.68. The van der Waals surface area contributed by atoms with Gasteiger partial charge in [0.25, 0.3) is 5.56 Å². The van der Waals surface area contributed by atoms with E-state index < -0.39 is 0 Å². The number of nitrogens with one attached hydrogen (secondary N) is 2. The van der Waals surface area contributed by atoms with Crippen molar-refractivity contribution in [2.24, 2.45) is 7.05 Å². The summed E-state index contributed by atoms with van der Waals surface area (Å²) in [5.41, 5.74) is 4.95. The van der Waals surface area contributed by atoms with E-state index >= 15 is 0 Å². The number of aromatic nitrogens is 8. The quantitative estimate of drug-likeness (QED) is 0.202. The van der Waals surface area contributed by atoms with E-state index in [0.717, 1.165) is 34.3 Å². The number of fused-ring (bicyclic) bond motifs is 2. The molecule has 0 spiro atoms. The van der Waals surface area contributed by atoms with Crippen LogP contribution in [0.15, 0.2) is 70.8 Å². The van der Waals surface area contributed by atoms with Crippen molar-refractivity contribution in [3.8, 4) is 0 Å². The minimum atomic E-state index is -0.0829. The van der Waals surface area contributed by atoms with Gasteiger partial charge >= 0.3 is 0 Å². The minimum absolute atomic E-state index is 0.0661. The van der Waals surface area contributed by atoms with Gasteiger partial charge in [0.1, 0.15) is 21.9 Å². The zero-order chi connectivity index (χ0) is 30.8. The van der Waals surface area contributed by atoms with Crippen molar-refractivity contribution < 1.29 is 0 Å². The number of hydrogen-bond donors (Lipinski definition) is 2. The molecule has 12 nitrogen and oxygen atoms in total. The van der Waals surface area contributed by atoms with Crippen molar-refractivity contribution in [1.29, 1.82) is 0 Å². The van der Waals surface area contributed by atoms with Crippen molar-refractivity contribution in [2.75, 3.05) is 10.6 Å². The van der Waals surface area contributed by atoms with E-state index in [2.05, 4.69) is 30.8 Å². The molecule has 226 valence electrons. The maximum atomic E-state index is 12.9. The molecule has 44 heavy (non-hydrogen) atoms. The van der Waals surface area contributed by atoms with E-state index in [9.17, 15) is 9.59 Å². The Morgan fingerprint density at radius 3 is 2.07 bits per heavy atom. The smallest absolute Gasteiger partial charge is 0.250 e. The van der Waals surface area contributed by atoms with Crippen LogP contribution in [-0.4, -0.2) is 38.3 Å². The predicted molar refractivity (Wildman–Crippen MR) is 171 cm³/mol. The van der Waals surface area contributed by atoms with E-state index in [4.69, 9.17) is 23.2 Å². The van der Waals surface area contributed by atoms with Crippen LogP contribution in [0, 0.1) is 0 Å². The van der Waals surface area contributed by atoms with Crippen LogP contribution < -0.4 is 21.8 Å². The molecule has 0 aliphatic carbocycles. The van der Waals surface area contributed by atoms with Gasteiger partial charge in [-0.25, -0.2) is 9.97 Å². The van der Waals surface area contributed by atoms with Gasteiger partial charge in [0, 0.05) is 74.5 Å². The first-order chi connectivity index (χ1) is 21.3. The molecule has 0 saturated heterocycles. The maximum Gasteiger partial charge on any atom is 0.250 e. The molecule has 0 aliphatic rings. The van der Waals surface area contributed by atoms with E-state index in [1.54, 1.807) is 63.5 Å². The number of anilines is 2. The summed E-state index contributed by atoms with van der Waals surface area (Å²) >= 11 is 12.6. The van der Waals surface area contributed by atoms with Crippen LogP contribution in [0.5, 0.6) is 0 Å². The van der Waals surface area contributed by atoms with Gasteiger partial charge in [0.05, 0.1) is 12.4 Å². The lowest BCUT2D eigenvalue weighted by molar-refractivity contribution is 0.621. The van der Waals surface area contributed by atoms with Gasteiger partial charge in [-0.05, 0) is 36.5 Å². The van der Waals surface area contributed by atoms with Gasteiger partial charge in [-0.15, -0.1) is 0 Å². The molecule has 14 heteroatoms. The first kappa shape index (κ1) is 29.4. The molecule has 6 heterocycles.